The Hall–Kier alpha value is -3.21. The molecule has 174 valence electrons. The summed E-state index contributed by atoms with van der Waals surface area (Å²) in [5, 5.41) is 11.9. The van der Waals surface area contributed by atoms with Crippen molar-refractivity contribution in [1.82, 2.24) is 14.7 Å². The van der Waals surface area contributed by atoms with Crippen LogP contribution in [0.5, 0.6) is 0 Å². The Morgan fingerprint density at radius 3 is 2.30 bits per heavy atom. The zero-order valence-electron chi connectivity index (χ0n) is 19.8. The summed E-state index contributed by atoms with van der Waals surface area (Å²) < 4.78 is 0. The van der Waals surface area contributed by atoms with E-state index >= 15 is 0 Å². The number of para-hydroxylation sites is 1. The van der Waals surface area contributed by atoms with Gasteiger partial charge in [-0.15, -0.1) is 0 Å². The van der Waals surface area contributed by atoms with E-state index in [0.717, 1.165) is 56.0 Å². The van der Waals surface area contributed by atoms with Crippen molar-refractivity contribution in [1.29, 1.82) is 5.26 Å². The van der Waals surface area contributed by atoms with E-state index in [1.54, 1.807) is 7.05 Å². The Balaban J connectivity index is 1.45. The van der Waals surface area contributed by atoms with E-state index in [2.05, 4.69) is 21.2 Å². The highest BCUT2D eigenvalue weighted by Crippen LogP contribution is 2.19. The van der Waals surface area contributed by atoms with Crippen LogP contribution in [-0.2, 0) is 16.1 Å². The van der Waals surface area contributed by atoms with Gasteiger partial charge in [-0.1, -0.05) is 30.3 Å². The number of rotatable bonds is 7. The van der Waals surface area contributed by atoms with Gasteiger partial charge >= 0.3 is 0 Å². The van der Waals surface area contributed by atoms with Crippen molar-refractivity contribution in [3.63, 3.8) is 0 Å². The lowest BCUT2D eigenvalue weighted by Crippen LogP contribution is -2.42. The van der Waals surface area contributed by atoms with Gasteiger partial charge in [0, 0.05) is 32.4 Å². The third-order valence-electron chi connectivity index (χ3n) is 6.08. The maximum atomic E-state index is 12.7. The third kappa shape index (κ3) is 7.14. The average molecular weight is 448 g/mol. The zero-order chi connectivity index (χ0) is 23.8. The topological polar surface area (TPSA) is 79.7 Å². The molecule has 3 rings (SSSR count). The molecule has 0 unspecified atom stereocenters. The largest absolute Gasteiger partial charge is 0.335 e. The number of hydrogen-bond acceptors (Lipinski definition) is 5. The first-order valence-corrected chi connectivity index (χ1v) is 11.4. The Morgan fingerprint density at radius 1 is 1.00 bits per heavy atom. The number of aryl methyl sites for hydroxylation is 2. The predicted octanol–water partition coefficient (Wildman–Crippen LogP) is 2.78. The van der Waals surface area contributed by atoms with Crippen LogP contribution < -0.4 is 5.32 Å². The molecule has 1 fully saturated rings. The summed E-state index contributed by atoms with van der Waals surface area (Å²) in [6, 6.07) is 15.7. The molecule has 0 aromatic heterocycles. The van der Waals surface area contributed by atoms with Crippen molar-refractivity contribution >= 4 is 17.5 Å². The number of carbonyl (C=O) groups is 2. The summed E-state index contributed by atoms with van der Waals surface area (Å²) in [4.78, 5) is 31.3. The summed E-state index contributed by atoms with van der Waals surface area (Å²) in [7, 11) is 1.68. The van der Waals surface area contributed by atoms with E-state index in [9.17, 15) is 9.59 Å². The molecular formula is C26H33N5O2. The Kier molecular flexibility index (Phi) is 8.58. The molecule has 33 heavy (non-hydrogen) atoms. The Labute approximate surface area is 196 Å². The normalized spacial score (nSPS) is 14.8. The van der Waals surface area contributed by atoms with Crippen molar-refractivity contribution < 1.29 is 9.59 Å². The smallest absolute Gasteiger partial charge is 0.243 e. The average Bonchev–Trinajstić information content (AvgIpc) is 3.01. The van der Waals surface area contributed by atoms with Gasteiger partial charge in [-0.25, -0.2) is 0 Å². The van der Waals surface area contributed by atoms with Crippen LogP contribution in [-0.4, -0.2) is 72.8 Å². The van der Waals surface area contributed by atoms with Gasteiger partial charge in [0.05, 0.1) is 24.7 Å². The van der Waals surface area contributed by atoms with Crippen molar-refractivity contribution in [2.75, 3.05) is 51.6 Å². The van der Waals surface area contributed by atoms with Gasteiger partial charge in [0.15, 0.2) is 0 Å². The van der Waals surface area contributed by atoms with Crippen molar-refractivity contribution in [3.05, 3.63) is 64.7 Å². The number of anilines is 1. The van der Waals surface area contributed by atoms with Crippen LogP contribution in [0.4, 0.5) is 5.69 Å². The van der Waals surface area contributed by atoms with Crippen LogP contribution in [0.15, 0.2) is 42.5 Å². The lowest BCUT2D eigenvalue weighted by Gasteiger charge is -2.24. The van der Waals surface area contributed by atoms with E-state index in [4.69, 9.17) is 5.26 Å². The number of nitriles is 1. The minimum atomic E-state index is -0.187. The van der Waals surface area contributed by atoms with Gasteiger partial charge in [-0.3, -0.25) is 19.4 Å². The maximum absolute atomic E-state index is 12.7. The molecule has 2 aromatic rings. The minimum absolute atomic E-state index is 0.0330. The second kappa shape index (κ2) is 11.6. The van der Waals surface area contributed by atoms with Crippen molar-refractivity contribution in [3.8, 4) is 6.07 Å². The van der Waals surface area contributed by atoms with E-state index in [0.29, 0.717) is 12.1 Å². The van der Waals surface area contributed by atoms with Gasteiger partial charge < -0.3 is 10.2 Å². The Bertz CT molecular complexity index is 992. The van der Waals surface area contributed by atoms with E-state index in [1.165, 1.54) is 10.5 Å². The van der Waals surface area contributed by atoms with E-state index in [-0.39, 0.29) is 18.4 Å². The molecule has 2 amide bonds. The maximum Gasteiger partial charge on any atom is 0.243 e. The van der Waals surface area contributed by atoms with Gasteiger partial charge in [0.25, 0.3) is 0 Å². The lowest BCUT2D eigenvalue weighted by molar-refractivity contribution is -0.134. The molecule has 2 aromatic carbocycles. The highest BCUT2D eigenvalue weighted by Gasteiger charge is 2.20. The van der Waals surface area contributed by atoms with Gasteiger partial charge in [0.1, 0.15) is 0 Å². The first-order valence-electron chi connectivity index (χ1n) is 11.4. The number of amides is 2. The standard InChI is InChI=1S/C26H33N5O2/c1-20-6-4-7-21(2)26(20)28-24(32)18-29(3)25(33)19-31-13-5-12-30(14-15-31)17-23-10-8-22(16-27)9-11-23/h4,6-11H,5,12-15,17-19H2,1-3H3,(H,28,32). The van der Waals surface area contributed by atoms with Crippen LogP contribution in [0.1, 0.15) is 28.7 Å². The van der Waals surface area contributed by atoms with Gasteiger partial charge in [-0.2, -0.15) is 5.26 Å². The zero-order valence-corrected chi connectivity index (χ0v) is 19.8. The minimum Gasteiger partial charge on any atom is -0.335 e. The summed E-state index contributed by atoms with van der Waals surface area (Å²) in [5.74, 6) is -0.236. The van der Waals surface area contributed by atoms with Gasteiger partial charge in [0.2, 0.25) is 11.8 Å². The molecule has 0 atom stereocenters. The second-order valence-corrected chi connectivity index (χ2v) is 8.78. The monoisotopic (exact) mass is 447 g/mol. The summed E-state index contributed by atoms with van der Waals surface area (Å²) in [6.45, 7) is 8.63. The fourth-order valence-electron chi connectivity index (χ4n) is 4.09. The number of carbonyl (C=O) groups excluding carboxylic acids is 2. The molecule has 1 N–H and O–H groups in total. The summed E-state index contributed by atoms with van der Waals surface area (Å²) >= 11 is 0. The molecule has 0 spiro atoms. The van der Waals surface area contributed by atoms with Crippen molar-refractivity contribution in [2.24, 2.45) is 0 Å². The highest BCUT2D eigenvalue weighted by atomic mass is 16.2. The fourth-order valence-corrected chi connectivity index (χ4v) is 4.09. The molecule has 1 aliphatic heterocycles. The summed E-state index contributed by atoms with van der Waals surface area (Å²) in [5.41, 5.74) is 4.69. The second-order valence-electron chi connectivity index (χ2n) is 8.78. The molecular weight excluding hydrogens is 414 g/mol. The molecule has 0 radical (unpaired) electrons. The molecule has 1 heterocycles. The first-order chi connectivity index (χ1) is 15.9. The molecule has 1 aliphatic rings. The van der Waals surface area contributed by atoms with Crippen molar-refractivity contribution in [2.45, 2.75) is 26.8 Å². The number of benzene rings is 2. The lowest BCUT2D eigenvalue weighted by atomic mass is 10.1. The predicted molar refractivity (Wildman–Crippen MR) is 130 cm³/mol. The number of likely N-dealkylation sites (N-methyl/N-ethyl adjacent to an activating group) is 1. The molecule has 7 heteroatoms. The quantitative estimate of drug-likeness (QED) is 0.706. The number of nitrogens with one attached hydrogen (secondary N) is 1. The third-order valence-corrected chi connectivity index (χ3v) is 6.08. The first kappa shape index (κ1) is 24.4. The summed E-state index contributed by atoms with van der Waals surface area (Å²) in [6.07, 6.45) is 0.986. The molecule has 0 aliphatic carbocycles. The van der Waals surface area contributed by atoms with Crippen LogP contribution in [0.3, 0.4) is 0 Å². The molecule has 1 saturated heterocycles. The molecule has 7 nitrogen and oxygen atoms in total. The van der Waals surface area contributed by atoms with Crippen LogP contribution >= 0.6 is 0 Å². The molecule has 0 saturated carbocycles. The SMILES string of the molecule is Cc1cccc(C)c1NC(=O)CN(C)C(=O)CN1CCCN(Cc2ccc(C#N)cc2)CC1. The van der Waals surface area contributed by atoms with Crippen LogP contribution in [0.25, 0.3) is 0 Å². The van der Waals surface area contributed by atoms with E-state index in [1.807, 2.05) is 56.3 Å². The molecule has 0 bridgehead atoms. The van der Waals surface area contributed by atoms with Crippen LogP contribution in [0.2, 0.25) is 0 Å². The fraction of sp³-hybridized carbons (Fsp3) is 0.423. The number of hydrogen-bond donors (Lipinski definition) is 1. The van der Waals surface area contributed by atoms with Gasteiger partial charge in [-0.05, 0) is 62.2 Å². The Morgan fingerprint density at radius 2 is 1.64 bits per heavy atom. The number of nitrogens with zero attached hydrogens (tertiary/aromatic N) is 4. The van der Waals surface area contributed by atoms with E-state index < -0.39 is 0 Å². The van der Waals surface area contributed by atoms with Crippen LogP contribution in [0, 0.1) is 25.2 Å². The highest BCUT2D eigenvalue weighted by molar-refractivity contribution is 5.95.